The number of aromatic carboxylic acids is 1. The van der Waals surface area contributed by atoms with Gasteiger partial charge in [0.1, 0.15) is 12.6 Å². The van der Waals surface area contributed by atoms with E-state index in [9.17, 15) is 19.2 Å². The standard InChI is InChI=1S/C14H14N2O5/c1-2-10-12(18)15-11(17)7-16(10)13(19)8-3-5-9(6-4-8)14(20)21/h3-6,10H,2,7H2,1H3,(H,20,21)(H,15,17,18). The predicted octanol–water partition coefficient (Wildman–Crippen LogP) is 0.262. The van der Waals surface area contributed by atoms with Crippen molar-refractivity contribution in [2.75, 3.05) is 6.54 Å². The van der Waals surface area contributed by atoms with Crippen molar-refractivity contribution in [2.45, 2.75) is 19.4 Å². The van der Waals surface area contributed by atoms with Gasteiger partial charge in [0, 0.05) is 5.56 Å². The van der Waals surface area contributed by atoms with Crippen LogP contribution in [0, 0.1) is 0 Å². The van der Waals surface area contributed by atoms with Gasteiger partial charge in [-0.1, -0.05) is 6.92 Å². The summed E-state index contributed by atoms with van der Waals surface area (Å²) < 4.78 is 0. The normalized spacial score (nSPS) is 18.3. The van der Waals surface area contributed by atoms with Gasteiger partial charge >= 0.3 is 5.97 Å². The number of nitrogens with zero attached hydrogens (tertiary/aromatic N) is 1. The fraction of sp³-hybridized carbons (Fsp3) is 0.286. The number of carbonyl (C=O) groups is 4. The molecule has 1 aromatic rings. The quantitative estimate of drug-likeness (QED) is 0.777. The van der Waals surface area contributed by atoms with Crippen molar-refractivity contribution in [1.82, 2.24) is 10.2 Å². The minimum absolute atomic E-state index is 0.0612. The van der Waals surface area contributed by atoms with Crippen LogP contribution in [0.2, 0.25) is 0 Å². The number of piperazine rings is 1. The number of amides is 3. The van der Waals surface area contributed by atoms with E-state index in [1.54, 1.807) is 6.92 Å². The van der Waals surface area contributed by atoms with Crippen LogP contribution < -0.4 is 5.32 Å². The van der Waals surface area contributed by atoms with E-state index in [1.807, 2.05) is 0 Å². The lowest BCUT2D eigenvalue weighted by atomic mass is 10.1. The molecule has 0 spiro atoms. The molecule has 1 aliphatic heterocycles. The summed E-state index contributed by atoms with van der Waals surface area (Å²) >= 11 is 0. The van der Waals surface area contributed by atoms with Gasteiger partial charge in [-0.25, -0.2) is 4.79 Å². The van der Waals surface area contributed by atoms with Crippen LogP contribution in [-0.4, -0.2) is 46.3 Å². The zero-order chi connectivity index (χ0) is 15.6. The Kier molecular flexibility index (Phi) is 4.02. The number of imide groups is 1. The second kappa shape index (κ2) is 5.74. The Morgan fingerprint density at radius 2 is 1.81 bits per heavy atom. The van der Waals surface area contributed by atoms with Gasteiger partial charge in [0.2, 0.25) is 11.8 Å². The number of rotatable bonds is 3. The first-order valence-electron chi connectivity index (χ1n) is 6.42. The van der Waals surface area contributed by atoms with Crippen LogP contribution in [0.1, 0.15) is 34.1 Å². The lowest BCUT2D eigenvalue weighted by Crippen LogP contribution is -2.59. The van der Waals surface area contributed by atoms with Gasteiger partial charge in [-0.3, -0.25) is 19.7 Å². The lowest BCUT2D eigenvalue weighted by Gasteiger charge is -2.33. The SMILES string of the molecule is CCC1C(=O)NC(=O)CN1C(=O)c1ccc(C(=O)O)cc1. The molecule has 1 aliphatic rings. The van der Waals surface area contributed by atoms with E-state index in [0.29, 0.717) is 6.42 Å². The second-order valence-electron chi connectivity index (χ2n) is 4.65. The number of hydrogen-bond donors (Lipinski definition) is 2. The maximum atomic E-state index is 12.4. The molecule has 2 rings (SSSR count). The molecular weight excluding hydrogens is 276 g/mol. The molecule has 1 aromatic carbocycles. The third-order valence-electron chi connectivity index (χ3n) is 3.28. The van der Waals surface area contributed by atoms with Crippen molar-refractivity contribution in [3.8, 4) is 0 Å². The summed E-state index contributed by atoms with van der Waals surface area (Å²) in [5, 5.41) is 11.0. The third kappa shape index (κ3) is 2.91. The molecule has 1 saturated heterocycles. The molecule has 0 aromatic heterocycles. The number of benzene rings is 1. The molecule has 0 bridgehead atoms. The summed E-state index contributed by atoms with van der Waals surface area (Å²) in [7, 11) is 0. The topological polar surface area (TPSA) is 104 Å². The van der Waals surface area contributed by atoms with Crippen LogP contribution in [0.5, 0.6) is 0 Å². The van der Waals surface area contributed by atoms with E-state index in [2.05, 4.69) is 5.32 Å². The Hall–Kier alpha value is -2.70. The minimum atomic E-state index is -1.09. The molecule has 1 unspecified atom stereocenters. The van der Waals surface area contributed by atoms with Gasteiger partial charge in [-0.05, 0) is 30.7 Å². The van der Waals surface area contributed by atoms with Crippen molar-refractivity contribution >= 4 is 23.7 Å². The molecule has 110 valence electrons. The summed E-state index contributed by atoms with van der Waals surface area (Å²) in [5.74, 6) is -2.58. The monoisotopic (exact) mass is 290 g/mol. The van der Waals surface area contributed by atoms with E-state index < -0.39 is 29.7 Å². The average Bonchev–Trinajstić information content (AvgIpc) is 2.46. The van der Waals surface area contributed by atoms with Crippen LogP contribution in [0.25, 0.3) is 0 Å². The maximum Gasteiger partial charge on any atom is 0.335 e. The Labute approximate surface area is 120 Å². The summed E-state index contributed by atoms with van der Waals surface area (Å²) in [5.41, 5.74) is 0.298. The van der Waals surface area contributed by atoms with E-state index >= 15 is 0 Å². The number of carboxylic acid groups (broad SMARTS) is 1. The Bertz CT molecular complexity index is 608. The van der Waals surface area contributed by atoms with Gasteiger partial charge in [-0.2, -0.15) is 0 Å². The highest BCUT2D eigenvalue weighted by atomic mass is 16.4. The van der Waals surface area contributed by atoms with Crippen molar-refractivity contribution in [3.63, 3.8) is 0 Å². The highest BCUT2D eigenvalue weighted by molar-refractivity contribution is 6.07. The van der Waals surface area contributed by atoms with Crippen LogP contribution in [0.4, 0.5) is 0 Å². The molecule has 2 N–H and O–H groups in total. The van der Waals surface area contributed by atoms with Crippen molar-refractivity contribution in [1.29, 1.82) is 0 Å². The van der Waals surface area contributed by atoms with Crippen LogP contribution in [-0.2, 0) is 9.59 Å². The fourth-order valence-electron chi connectivity index (χ4n) is 2.21. The molecule has 1 heterocycles. The van der Waals surface area contributed by atoms with Crippen LogP contribution in [0.3, 0.4) is 0 Å². The number of carboxylic acids is 1. The van der Waals surface area contributed by atoms with Gasteiger partial charge < -0.3 is 10.0 Å². The van der Waals surface area contributed by atoms with Crippen molar-refractivity contribution in [2.24, 2.45) is 0 Å². The first-order chi connectivity index (χ1) is 9.93. The molecule has 0 aliphatic carbocycles. The highest BCUT2D eigenvalue weighted by Gasteiger charge is 2.35. The third-order valence-corrected chi connectivity index (χ3v) is 3.28. The smallest absolute Gasteiger partial charge is 0.335 e. The molecule has 7 heteroatoms. The van der Waals surface area contributed by atoms with E-state index in [-0.39, 0.29) is 17.7 Å². The van der Waals surface area contributed by atoms with E-state index in [0.717, 1.165) is 0 Å². The van der Waals surface area contributed by atoms with E-state index in [4.69, 9.17) is 5.11 Å². The molecule has 1 atom stereocenters. The molecular formula is C14H14N2O5. The number of nitrogens with one attached hydrogen (secondary N) is 1. The Balaban J connectivity index is 2.26. The molecule has 21 heavy (non-hydrogen) atoms. The molecule has 0 radical (unpaired) electrons. The molecule has 7 nitrogen and oxygen atoms in total. The molecule has 3 amide bonds. The lowest BCUT2D eigenvalue weighted by molar-refractivity contribution is -0.138. The summed E-state index contributed by atoms with van der Waals surface area (Å²) in [4.78, 5) is 47.5. The van der Waals surface area contributed by atoms with Gasteiger partial charge in [0.15, 0.2) is 0 Å². The Morgan fingerprint density at radius 3 is 2.33 bits per heavy atom. The number of carbonyl (C=O) groups excluding carboxylic acids is 3. The van der Waals surface area contributed by atoms with Crippen molar-refractivity contribution < 1.29 is 24.3 Å². The fourth-order valence-corrected chi connectivity index (χ4v) is 2.21. The molecule has 1 fully saturated rings. The van der Waals surface area contributed by atoms with Crippen LogP contribution in [0.15, 0.2) is 24.3 Å². The average molecular weight is 290 g/mol. The summed E-state index contributed by atoms with van der Waals surface area (Å²) in [6, 6.07) is 4.66. The highest BCUT2D eigenvalue weighted by Crippen LogP contribution is 2.15. The Morgan fingerprint density at radius 1 is 1.24 bits per heavy atom. The maximum absolute atomic E-state index is 12.4. The zero-order valence-electron chi connectivity index (χ0n) is 11.3. The van der Waals surface area contributed by atoms with Crippen LogP contribution >= 0.6 is 0 Å². The summed E-state index contributed by atoms with van der Waals surface area (Å²) in [6.45, 7) is 1.55. The molecule has 0 saturated carbocycles. The van der Waals surface area contributed by atoms with E-state index in [1.165, 1.54) is 29.2 Å². The van der Waals surface area contributed by atoms with Crippen molar-refractivity contribution in [3.05, 3.63) is 35.4 Å². The van der Waals surface area contributed by atoms with Gasteiger partial charge in [-0.15, -0.1) is 0 Å². The zero-order valence-corrected chi connectivity index (χ0v) is 11.3. The summed E-state index contributed by atoms with van der Waals surface area (Å²) in [6.07, 6.45) is 0.387. The number of hydrogen-bond acceptors (Lipinski definition) is 4. The largest absolute Gasteiger partial charge is 0.478 e. The second-order valence-corrected chi connectivity index (χ2v) is 4.65. The first-order valence-corrected chi connectivity index (χ1v) is 6.42. The minimum Gasteiger partial charge on any atom is -0.478 e. The van der Waals surface area contributed by atoms with Gasteiger partial charge in [0.25, 0.3) is 5.91 Å². The van der Waals surface area contributed by atoms with Gasteiger partial charge in [0.05, 0.1) is 5.56 Å². The first kappa shape index (κ1) is 14.7. The predicted molar refractivity (Wildman–Crippen MR) is 71.7 cm³/mol.